The summed E-state index contributed by atoms with van der Waals surface area (Å²) in [4.78, 5) is 18.9. The SMILES string of the molecule is CCOC(=O)N1CCN(C2CCCN(Cc3cc(C)ccc3-n3cccn3)C2)CC1. The molecule has 0 saturated carbocycles. The average Bonchev–Trinajstić information content (AvgIpc) is 3.29. The van der Waals surface area contributed by atoms with E-state index >= 15 is 0 Å². The van der Waals surface area contributed by atoms with Crippen molar-refractivity contribution in [2.45, 2.75) is 39.3 Å². The Hall–Kier alpha value is -2.38. The van der Waals surface area contributed by atoms with Crippen LogP contribution in [0.3, 0.4) is 0 Å². The summed E-state index contributed by atoms with van der Waals surface area (Å²) in [5.41, 5.74) is 3.77. The van der Waals surface area contributed by atoms with Gasteiger partial charge < -0.3 is 9.64 Å². The van der Waals surface area contributed by atoms with Crippen LogP contribution in [-0.4, -0.2) is 82.5 Å². The van der Waals surface area contributed by atoms with Gasteiger partial charge in [-0.25, -0.2) is 9.48 Å². The van der Waals surface area contributed by atoms with Gasteiger partial charge in [-0.1, -0.05) is 17.7 Å². The number of amides is 1. The molecular weight excluding hydrogens is 378 g/mol. The summed E-state index contributed by atoms with van der Waals surface area (Å²) in [5.74, 6) is 0. The van der Waals surface area contributed by atoms with Gasteiger partial charge in [0.15, 0.2) is 0 Å². The van der Waals surface area contributed by atoms with Crippen LogP contribution in [0.5, 0.6) is 0 Å². The molecule has 1 unspecified atom stereocenters. The Bertz CT molecular complexity index is 830. The molecule has 0 spiro atoms. The Kier molecular flexibility index (Phi) is 6.69. The van der Waals surface area contributed by atoms with E-state index in [-0.39, 0.29) is 6.09 Å². The molecule has 7 nitrogen and oxygen atoms in total. The molecule has 0 radical (unpaired) electrons. The van der Waals surface area contributed by atoms with Crippen LogP contribution in [0.1, 0.15) is 30.9 Å². The van der Waals surface area contributed by atoms with Crippen LogP contribution in [0, 0.1) is 6.92 Å². The van der Waals surface area contributed by atoms with Gasteiger partial charge in [0.25, 0.3) is 0 Å². The molecule has 1 amide bonds. The standard InChI is InChI=1S/C23H33N5O2/c1-3-30-23(29)27-14-12-26(13-15-27)21-6-4-10-25(18-21)17-20-16-19(2)7-8-22(20)28-11-5-9-24-28/h5,7-9,11,16,21H,3-4,6,10,12-15,17-18H2,1-2H3. The first-order valence-electron chi connectivity index (χ1n) is 11.1. The highest BCUT2D eigenvalue weighted by Crippen LogP contribution is 2.23. The third-order valence-corrected chi connectivity index (χ3v) is 6.22. The number of hydrogen-bond donors (Lipinski definition) is 0. The maximum atomic E-state index is 12.0. The minimum absolute atomic E-state index is 0.173. The van der Waals surface area contributed by atoms with Crippen molar-refractivity contribution in [3.63, 3.8) is 0 Å². The number of rotatable bonds is 5. The van der Waals surface area contributed by atoms with Gasteiger partial charge in [0.2, 0.25) is 0 Å². The van der Waals surface area contributed by atoms with Gasteiger partial charge in [-0.3, -0.25) is 9.80 Å². The molecule has 7 heteroatoms. The molecule has 1 atom stereocenters. The third-order valence-electron chi connectivity index (χ3n) is 6.22. The van der Waals surface area contributed by atoms with Crippen molar-refractivity contribution in [2.24, 2.45) is 0 Å². The van der Waals surface area contributed by atoms with Crippen LogP contribution in [0.2, 0.25) is 0 Å². The highest BCUT2D eigenvalue weighted by Gasteiger charge is 2.30. The second-order valence-corrected chi connectivity index (χ2v) is 8.34. The highest BCUT2D eigenvalue weighted by molar-refractivity contribution is 5.67. The van der Waals surface area contributed by atoms with Crippen molar-refractivity contribution in [3.8, 4) is 5.69 Å². The molecule has 2 aliphatic rings. The molecule has 2 fully saturated rings. The number of ether oxygens (including phenoxy) is 1. The lowest BCUT2D eigenvalue weighted by molar-refractivity contribution is 0.0412. The molecule has 1 aromatic heterocycles. The number of hydrogen-bond acceptors (Lipinski definition) is 5. The molecule has 162 valence electrons. The topological polar surface area (TPSA) is 53.8 Å². The van der Waals surface area contributed by atoms with Crippen molar-refractivity contribution < 1.29 is 9.53 Å². The molecule has 2 saturated heterocycles. The van der Waals surface area contributed by atoms with Crippen LogP contribution in [0.25, 0.3) is 5.69 Å². The summed E-state index contributed by atoms with van der Waals surface area (Å²) >= 11 is 0. The summed E-state index contributed by atoms with van der Waals surface area (Å²) in [7, 11) is 0. The predicted molar refractivity (Wildman–Crippen MR) is 117 cm³/mol. The van der Waals surface area contributed by atoms with Crippen LogP contribution >= 0.6 is 0 Å². The number of nitrogens with zero attached hydrogens (tertiary/aromatic N) is 5. The van der Waals surface area contributed by atoms with Gasteiger partial charge in [-0.2, -0.15) is 5.10 Å². The van der Waals surface area contributed by atoms with Gasteiger partial charge in [0.1, 0.15) is 0 Å². The van der Waals surface area contributed by atoms with Crippen molar-refractivity contribution >= 4 is 6.09 Å². The second-order valence-electron chi connectivity index (χ2n) is 8.34. The molecule has 0 aliphatic carbocycles. The molecule has 0 N–H and O–H groups in total. The number of carbonyl (C=O) groups excluding carboxylic acids is 1. The Morgan fingerprint density at radius 3 is 2.77 bits per heavy atom. The first-order valence-corrected chi connectivity index (χ1v) is 11.1. The number of piperazine rings is 1. The van der Waals surface area contributed by atoms with Crippen LogP contribution < -0.4 is 0 Å². The molecule has 4 rings (SSSR count). The van der Waals surface area contributed by atoms with Crippen LogP contribution in [0.4, 0.5) is 4.79 Å². The van der Waals surface area contributed by atoms with Crippen molar-refractivity contribution in [1.82, 2.24) is 24.5 Å². The lowest BCUT2D eigenvalue weighted by atomic mass is 10.0. The minimum Gasteiger partial charge on any atom is -0.450 e. The zero-order chi connectivity index (χ0) is 20.9. The third kappa shape index (κ3) is 4.84. The molecule has 30 heavy (non-hydrogen) atoms. The van der Waals surface area contributed by atoms with Gasteiger partial charge in [0.05, 0.1) is 12.3 Å². The van der Waals surface area contributed by atoms with Gasteiger partial charge in [-0.15, -0.1) is 0 Å². The number of piperidine rings is 1. The molecule has 0 bridgehead atoms. The second kappa shape index (κ2) is 9.62. The number of benzene rings is 1. The van der Waals surface area contributed by atoms with Crippen molar-refractivity contribution in [1.29, 1.82) is 0 Å². The fourth-order valence-electron chi connectivity index (χ4n) is 4.67. The predicted octanol–water partition coefficient (Wildman–Crippen LogP) is 2.92. The fourth-order valence-corrected chi connectivity index (χ4v) is 4.67. The Balaban J connectivity index is 1.38. The van der Waals surface area contributed by atoms with Crippen LogP contribution in [-0.2, 0) is 11.3 Å². The quantitative estimate of drug-likeness (QED) is 0.757. The summed E-state index contributed by atoms with van der Waals surface area (Å²) in [6, 6.07) is 9.15. The van der Waals surface area contributed by atoms with E-state index in [1.54, 1.807) is 0 Å². The number of aryl methyl sites for hydroxylation is 1. The zero-order valence-electron chi connectivity index (χ0n) is 18.2. The van der Waals surface area contributed by atoms with E-state index in [0.29, 0.717) is 12.6 Å². The van der Waals surface area contributed by atoms with E-state index in [2.05, 4.69) is 40.0 Å². The maximum absolute atomic E-state index is 12.0. The van der Waals surface area contributed by atoms with E-state index in [1.807, 2.05) is 35.0 Å². The van der Waals surface area contributed by atoms with Gasteiger partial charge >= 0.3 is 6.09 Å². The first kappa shape index (κ1) is 20.9. The Morgan fingerprint density at radius 1 is 1.20 bits per heavy atom. The normalized spacial score (nSPS) is 21.0. The number of aromatic nitrogens is 2. The largest absolute Gasteiger partial charge is 0.450 e. The summed E-state index contributed by atoms with van der Waals surface area (Å²) in [6.45, 7) is 11.0. The van der Waals surface area contributed by atoms with E-state index in [4.69, 9.17) is 4.74 Å². The van der Waals surface area contributed by atoms with Gasteiger partial charge in [-0.05, 0) is 50.9 Å². The highest BCUT2D eigenvalue weighted by atomic mass is 16.6. The Labute approximate surface area is 179 Å². The smallest absolute Gasteiger partial charge is 0.409 e. The van der Waals surface area contributed by atoms with Gasteiger partial charge in [0, 0.05) is 57.7 Å². The molecule has 2 aromatic rings. The summed E-state index contributed by atoms with van der Waals surface area (Å²) in [5, 5.41) is 4.44. The summed E-state index contributed by atoms with van der Waals surface area (Å²) in [6.07, 6.45) is 6.11. The first-order chi connectivity index (χ1) is 14.6. The molecule has 3 heterocycles. The summed E-state index contributed by atoms with van der Waals surface area (Å²) < 4.78 is 7.11. The molecular formula is C23H33N5O2. The average molecular weight is 412 g/mol. The van der Waals surface area contributed by atoms with E-state index in [9.17, 15) is 4.79 Å². The Morgan fingerprint density at radius 2 is 2.03 bits per heavy atom. The number of likely N-dealkylation sites (tertiary alicyclic amines) is 1. The van der Waals surface area contributed by atoms with E-state index < -0.39 is 0 Å². The zero-order valence-corrected chi connectivity index (χ0v) is 18.2. The number of carbonyl (C=O) groups is 1. The van der Waals surface area contributed by atoms with Crippen molar-refractivity contribution in [2.75, 3.05) is 45.9 Å². The maximum Gasteiger partial charge on any atom is 0.409 e. The van der Waals surface area contributed by atoms with Crippen LogP contribution in [0.15, 0.2) is 36.7 Å². The molecule has 1 aromatic carbocycles. The van der Waals surface area contributed by atoms with Crippen molar-refractivity contribution in [3.05, 3.63) is 47.8 Å². The van der Waals surface area contributed by atoms with E-state index in [1.165, 1.54) is 24.0 Å². The lowest BCUT2D eigenvalue weighted by Gasteiger charge is -2.43. The fraction of sp³-hybridized carbons (Fsp3) is 0.565. The molecule has 2 aliphatic heterocycles. The monoisotopic (exact) mass is 411 g/mol. The van der Waals surface area contributed by atoms with E-state index in [0.717, 1.165) is 51.5 Å². The minimum atomic E-state index is -0.173. The lowest BCUT2D eigenvalue weighted by Crippen LogP contribution is -2.55.